The van der Waals surface area contributed by atoms with Gasteiger partial charge in [0.1, 0.15) is 5.37 Å². The number of rotatable bonds is 7. The summed E-state index contributed by atoms with van der Waals surface area (Å²) in [5.74, 6) is 0.277. The van der Waals surface area contributed by atoms with Gasteiger partial charge in [-0.25, -0.2) is 0 Å². The van der Waals surface area contributed by atoms with E-state index in [0.29, 0.717) is 25.8 Å². The molecule has 0 saturated carbocycles. The third-order valence-electron chi connectivity index (χ3n) is 4.47. The zero-order valence-corrected chi connectivity index (χ0v) is 20.1. The molecule has 4 rings (SSSR count). The van der Waals surface area contributed by atoms with Gasteiger partial charge in [0, 0.05) is 11.9 Å². The van der Waals surface area contributed by atoms with E-state index in [9.17, 15) is 18.7 Å². The molecule has 3 aromatic rings. The van der Waals surface area contributed by atoms with E-state index in [4.69, 9.17) is 0 Å². The Morgan fingerprint density at radius 3 is 2.59 bits per heavy atom. The van der Waals surface area contributed by atoms with Gasteiger partial charge in [-0.15, -0.1) is 22.0 Å². The number of thioether (sulfide) groups is 2. The van der Waals surface area contributed by atoms with Crippen LogP contribution in [0.1, 0.15) is 10.9 Å². The molecule has 1 atom stereocenters. The highest BCUT2D eigenvalue weighted by atomic mass is 32.3. The summed E-state index contributed by atoms with van der Waals surface area (Å²) in [6.45, 7) is 0. The third kappa shape index (κ3) is 5.45. The highest BCUT2D eigenvalue weighted by Crippen LogP contribution is 2.44. The van der Waals surface area contributed by atoms with Gasteiger partial charge >= 0.3 is 0 Å². The van der Waals surface area contributed by atoms with Crippen molar-refractivity contribution in [1.82, 2.24) is 10.2 Å². The number of nitrogens with one attached hydrogen (secondary N) is 1. The van der Waals surface area contributed by atoms with Crippen LogP contribution in [0.25, 0.3) is 0 Å². The maximum absolute atomic E-state index is 12.5. The van der Waals surface area contributed by atoms with E-state index in [1.165, 1.54) is 29.4 Å². The second-order valence-corrected chi connectivity index (χ2v) is 12.3. The van der Waals surface area contributed by atoms with Crippen LogP contribution >= 0.6 is 45.5 Å². The number of carbonyl (C=O) groups excluding carboxylic acids is 2. The minimum absolute atomic E-state index is 0.0126. The number of hydrogen-bond acceptors (Lipinski definition) is 9. The number of carbonyl (C=O) groups is 2. The van der Waals surface area contributed by atoms with E-state index in [1.54, 1.807) is 40.9 Å². The van der Waals surface area contributed by atoms with Crippen molar-refractivity contribution in [2.45, 2.75) is 14.6 Å². The zero-order valence-electron chi connectivity index (χ0n) is 16.9. The minimum atomic E-state index is -2.78. The smallest absolute Gasteiger partial charge is 0.240 e. The normalized spacial score (nSPS) is 16.9. The number of aromatic nitrogens is 2. The first kappa shape index (κ1) is 23.1. The molecule has 2 aromatic carbocycles. The Morgan fingerprint density at radius 2 is 1.91 bits per heavy atom. The Labute approximate surface area is 199 Å². The van der Waals surface area contributed by atoms with Crippen LogP contribution in [0.15, 0.2) is 63.8 Å². The van der Waals surface area contributed by atoms with Gasteiger partial charge in [-0.1, -0.05) is 53.4 Å². The van der Waals surface area contributed by atoms with Crippen molar-refractivity contribution in [1.29, 1.82) is 0 Å². The second kappa shape index (κ2) is 9.81. The molecule has 1 unspecified atom stereocenters. The number of amides is 2. The van der Waals surface area contributed by atoms with Crippen molar-refractivity contribution in [3.63, 3.8) is 0 Å². The van der Waals surface area contributed by atoms with Crippen molar-refractivity contribution >= 4 is 68.1 Å². The molecule has 12 heteroatoms. The molecule has 2 heterocycles. The Kier molecular flexibility index (Phi) is 7.08. The first-order valence-corrected chi connectivity index (χ1v) is 14.2. The van der Waals surface area contributed by atoms with Crippen LogP contribution in [0.3, 0.4) is 0 Å². The molecule has 168 valence electrons. The fraction of sp³-hybridized carbons (Fsp3) is 0.200. The predicted molar refractivity (Wildman–Crippen MR) is 132 cm³/mol. The van der Waals surface area contributed by atoms with Crippen LogP contribution in [-0.2, 0) is 9.59 Å². The average Bonchev–Trinajstić information content (AvgIpc) is 3.39. The van der Waals surface area contributed by atoms with Crippen LogP contribution in [0.2, 0.25) is 0 Å². The molecule has 0 aliphatic carbocycles. The third-order valence-corrected chi connectivity index (χ3v) is 8.90. The van der Waals surface area contributed by atoms with E-state index in [0.717, 1.165) is 5.56 Å². The van der Waals surface area contributed by atoms with E-state index < -0.39 is 10.6 Å². The fourth-order valence-electron chi connectivity index (χ4n) is 2.97. The summed E-state index contributed by atoms with van der Waals surface area (Å²) < 4.78 is 19.9. The van der Waals surface area contributed by atoms with Crippen molar-refractivity contribution in [3.8, 4) is 0 Å². The van der Waals surface area contributed by atoms with Crippen molar-refractivity contribution < 1.29 is 18.7 Å². The molecule has 1 aliphatic rings. The lowest BCUT2D eigenvalue weighted by Crippen LogP contribution is -2.27. The summed E-state index contributed by atoms with van der Waals surface area (Å²) >= 11 is 4.08. The lowest BCUT2D eigenvalue weighted by molar-refractivity contribution is -0.116. The van der Waals surface area contributed by atoms with Crippen molar-refractivity contribution in [2.75, 3.05) is 28.0 Å². The minimum Gasteiger partial charge on any atom is -0.325 e. The van der Waals surface area contributed by atoms with Crippen LogP contribution in [0.4, 0.5) is 10.8 Å². The first-order chi connectivity index (χ1) is 15.3. The Balaban J connectivity index is 1.36. The van der Waals surface area contributed by atoms with Crippen molar-refractivity contribution in [2.24, 2.45) is 0 Å². The average molecular weight is 509 g/mol. The molecule has 0 spiro atoms. The maximum atomic E-state index is 12.5. The van der Waals surface area contributed by atoms with E-state index in [1.807, 2.05) is 30.3 Å². The Morgan fingerprint density at radius 1 is 1.19 bits per heavy atom. The second-order valence-electron chi connectivity index (χ2n) is 6.88. The standard InChI is InChI=1S/C20H20N4O4S4/c1-32(27,28)15-9-7-14(8-10-15)21-16(25)11-30-20-23-22-19(31-20)24-17(26)12-29-18(24)13-5-3-2-4-6-13/h2-10,18,27-28H,11-12H2,1H3,(H,21,25). The number of hydrogen-bond donors (Lipinski definition) is 3. The largest absolute Gasteiger partial charge is 0.325 e. The van der Waals surface area contributed by atoms with Gasteiger partial charge in [0.2, 0.25) is 16.9 Å². The van der Waals surface area contributed by atoms with Crippen LogP contribution in [0.5, 0.6) is 0 Å². The summed E-state index contributed by atoms with van der Waals surface area (Å²) in [6, 6.07) is 16.2. The van der Waals surface area contributed by atoms with Gasteiger partial charge in [0.05, 0.1) is 16.4 Å². The first-order valence-electron chi connectivity index (χ1n) is 9.39. The van der Waals surface area contributed by atoms with Gasteiger partial charge < -0.3 is 5.32 Å². The van der Waals surface area contributed by atoms with Crippen LogP contribution in [-0.4, -0.2) is 48.9 Å². The van der Waals surface area contributed by atoms with Gasteiger partial charge in [-0.05, 0) is 29.8 Å². The molecule has 1 fully saturated rings. The number of benzene rings is 2. The van der Waals surface area contributed by atoms with Crippen molar-refractivity contribution in [3.05, 3.63) is 60.2 Å². The molecular weight excluding hydrogens is 489 g/mol. The van der Waals surface area contributed by atoms with E-state index in [2.05, 4.69) is 15.5 Å². The Bertz CT molecular complexity index is 1100. The highest BCUT2D eigenvalue weighted by molar-refractivity contribution is 8.23. The molecule has 8 nitrogen and oxygen atoms in total. The summed E-state index contributed by atoms with van der Waals surface area (Å²) in [5, 5.41) is 11.5. The summed E-state index contributed by atoms with van der Waals surface area (Å²) in [4.78, 5) is 26.8. The van der Waals surface area contributed by atoms with Crippen LogP contribution < -0.4 is 10.2 Å². The Hall–Kier alpha value is -2.09. The molecule has 2 amide bonds. The predicted octanol–water partition coefficient (Wildman–Crippen LogP) is 4.79. The van der Waals surface area contributed by atoms with E-state index >= 15 is 0 Å². The lowest BCUT2D eigenvalue weighted by atomic mass is 10.2. The van der Waals surface area contributed by atoms with Gasteiger partial charge in [0.15, 0.2) is 4.34 Å². The molecule has 1 aromatic heterocycles. The van der Waals surface area contributed by atoms with Crippen LogP contribution in [0, 0.1) is 0 Å². The topological polar surface area (TPSA) is 116 Å². The molecule has 0 bridgehead atoms. The van der Waals surface area contributed by atoms with Gasteiger partial charge in [0.25, 0.3) is 0 Å². The molecule has 3 N–H and O–H groups in total. The molecule has 0 radical (unpaired) electrons. The summed E-state index contributed by atoms with van der Waals surface area (Å²) in [5.41, 5.74) is 1.59. The molecule has 32 heavy (non-hydrogen) atoms. The molecule has 1 saturated heterocycles. The monoisotopic (exact) mass is 508 g/mol. The summed E-state index contributed by atoms with van der Waals surface area (Å²) in [6.07, 6.45) is 1.35. The SMILES string of the molecule is CS(O)(O)c1ccc(NC(=O)CSc2nnc(N3C(=O)CSC3c3ccccc3)s2)cc1. The lowest BCUT2D eigenvalue weighted by Gasteiger charge is -2.26. The fourth-order valence-corrected chi connectivity index (χ4v) is 6.53. The number of anilines is 2. The van der Waals surface area contributed by atoms with Gasteiger partial charge in [-0.3, -0.25) is 23.6 Å². The van der Waals surface area contributed by atoms with E-state index in [-0.39, 0.29) is 22.9 Å². The maximum Gasteiger partial charge on any atom is 0.240 e. The molecule has 1 aliphatic heterocycles. The quantitative estimate of drug-likeness (QED) is 0.308. The highest BCUT2D eigenvalue weighted by Gasteiger charge is 2.36. The number of nitrogens with zero attached hydrogens (tertiary/aromatic N) is 3. The molecular formula is C20H20N4O4S4. The zero-order chi connectivity index (χ0) is 22.7. The van der Waals surface area contributed by atoms with Gasteiger partial charge in [-0.2, -0.15) is 10.6 Å². The summed E-state index contributed by atoms with van der Waals surface area (Å²) in [7, 11) is -2.78.